The molecule has 1 aliphatic rings. The highest BCUT2D eigenvalue weighted by Crippen LogP contribution is 2.29. The molecule has 1 amide bonds. The van der Waals surface area contributed by atoms with Gasteiger partial charge in [-0.2, -0.15) is 0 Å². The van der Waals surface area contributed by atoms with Crippen LogP contribution in [0.3, 0.4) is 0 Å². The van der Waals surface area contributed by atoms with Gasteiger partial charge in [-0.05, 0) is 26.2 Å². The third-order valence-corrected chi connectivity index (χ3v) is 4.50. The molecule has 0 atom stereocenters. The van der Waals surface area contributed by atoms with Gasteiger partial charge in [-0.15, -0.1) is 0 Å². The van der Waals surface area contributed by atoms with Crippen LogP contribution in [0.25, 0.3) is 0 Å². The van der Waals surface area contributed by atoms with Crippen molar-refractivity contribution in [2.75, 3.05) is 27.2 Å². The molecule has 0 radical (unpaired) electrons. The Hall–Kier alpha value is -1.40. The first-order valence-electron chi connectivity index (χ1n) is 5.25. The first-order chi connectivity index (χ1) is 7.94. The van der Waals surface area contributed by atoms with Gasteiger partial charge in [0.05, 0.1) is 12.1 Å². The van der Waals surface area contributed by atoms with E-state index in [0.29, 0.717) is 6.54 Å². The van der Waals surface area contributed by atoms with Crippen LogP contribution in [0, 0.1) is 0 Å². The van der Waals surface area contributed by atoms with Crippen molar-refractivity contribution >= 4 is 15.9 Å². The summed E-state index contributed by atoms with van der Waals surface area (Å²) in [6.45, 7) is 0.696. The monoisotopic (exact) mass is 254 g/mol. The van der Waals surface area contributed by atoms with Crippen molar-refractivity contribution in [3.63, 3.8) is 0 Å². The second kappa shape index (κ2) is 4.12. The topological polar surface area (TPSA) is 57.7 Å². The number of amides is 1. The van der Waals surface area contributed by atoms with E-state index in [1.165, 1.54) is 6.07 Å². The summed E-state index contributed by atoms with van der Waals surface area (Å²) in [4.78, 5) is 13.9. The lowest BCUT2D eigenvalue weighted by atomic mass is 10.2. The van der Waals surface area contributed by atoms with Gasteiger partial charge in [0.1, 0.15) is 4.90 Å². The van der Waals surface area contributed by atoms with Gasteiger partial charge in [0, 0.05) is 6.54 Å². The molecule has 0 unspecified atom stereocenters. The van der Waals surface area contributed by atoms with Gasteiger partial charge in [-0.1, -0.05) is 12.1 Å². The van der Waals surface area contributed by atoms with E-state index in [2.05, 4.69) is 0 Å². The van der Waals surface area contributed by atoms with Crippen LogP contribution < -0.4 is 0 Å². The van der Waals surface area contributed by atoms with Crippen molar-refractivity contribution in [3.05, 3.63) is 29.8 Å². The number of carbonyl (C=O) groups excluding carboxylic acids is 1. The maximum absolute atomic E-state index is 12.1. The first-order valence-corrected chi connectivity index (χ1v) is 6.69. The molecule has 1 aromatic rings. The minimum Gasteiger partial charge on any atom is -0.308 e. The SMILES string of the molecule is CN(C)CCN1C(=O)c2ccccc2S1(=O)=O. The number of likely N-dealkylation sites (N-methyl/N-ethyl adjacent to an activating group) is 1. The molecule has 1 heterocycles. The molecule has 6 heteroatoms. The van der Waals surface area contributed by atoms with Crippen LogP contribution in [0.15, 0.2) is 29.2 Å². The second-order valence-corrected chi connectivity index (χ2v) is 6.01. The Bertz CT molecular complexity index is 552. The van der Waals surface area contributed by atoms with Crippen LogP contribution in [0.2, 0.25) is 0 Å². The number of nitrogens with zero attached hydrogens (tertiary/aromatic N) is 2. The van der Waals surface area contributed by atoms with Gasteiger partial charge in [0.15, 0.2) is 0 Å². The zero-order valence-corrected chi connectivity index (χ0v) is 10.6. The predicted molar refractivity (Wildman–Crippen MR) is 63.2 cm³/mol. The maximum Gasteiger partial charge on any atom is 0.269 e. The summed E-state index contributed by atoms with van der Waals surface area (Å²) in [6, 6.07) is 6.31. The molecular weight excluding hydrogens is 240 g/mol. The Morgan fingerprint density at radius 3 is 2.47 bits per heavy atom. The van der Waals surface area contributed by atoms with Gasteiger partial charge < -0.3 is 4.90 Å². The Kier molecular flexibility index (Phi) is 2.92. The van der Waals surface area contributed by atoms with Crippen LogP contribution >= 0.6 is 0 Å². The molecule has 0 fully saturated rings. The fourth-order valence-electron chi connectivity index (χ4n) is 1.74. The summed E-state index contributed by atoms with van der Waals surface area (Å²) >= 11 is 0. The van der Waals surface area contributed by atoms with Crippen LogP contribution in [-0.4, -0.2) is 50.7 Å². The number of hydrogen-bond acceptors (Lipinski definition) is 4. The molecule has 1 aromatic carbocycles. The molecule has 0 N–H and O–H groups in total. The summed E-state index contributed by atoms with van der Waals surface area (Å²) < 4.78 is 25.1. The Balaban J connectivity index is 2.38. The Morgan fingerprint density at radius 2 is 1.88 bits per heavy atom. The second-order valence-electron chi connectivity index (χ2n) is 4.18. The number of hydrogen-bond donors (Lipinski definition) is 0. The molecule has 92 valence electrons. The van der Waals surface area contributed by atoms with Gasteiger partial charge in [-0.3, -0.25) is 4.79 Å². The number of carbonyl (C=O) groups is 1. The zero-order valence-electron chi connectivity index (χ0n) is 9.75. The fraction of sp³-hybridized carbons (Fsp3) is 0.364. The van der Waals surface area contributed by atoms with E-state index in [1.807, 2.05) is 19.0 Å². The highest BCUT2D eigenvalue weighted by molar-refractivity contribution is 7.90. The van der Waals surface area contributed by atoms with Crippen LogP contribution in [0.5, 0.6) is 0 Å². The van der Waals surface area contributed by atoms with Crippen molar-refractivity contribution < 1.29 is 13.2 Å². The van der Waals surface area contributed by atoms with E-state index >= 15 is 0 Å². The van der Waals surface area contributed by atoms with Crippen molar-refractivity contribution in [1.82, 2.24) is 9.21 Å². The summed E-state index contributed by atoms with van der Waals surface area (Å²) in [5, 5.41) is 0. The van der Waals surface area contributed by atoms with Crippen molar-refractivity contribution in [3.8, 4) is 0 Å². The largest absolute Gasteiger partial charge is 0.308 e. The Labute approximate surface area is 101 Å². The standard InChI is InChI=1S/C11H14N2O3S/c1-12(2)7-8-13-11(14)9-5-3-4-6-10(9)17(13,15)16/h3-6H,7-8H2,1-2H3. The fourth-order valence-corrected chi connectivity index (χ4v) is 3.30. The lowest BCUT2D eigenvalue weighted by Gasteiger charge is -2.17. The molecule has 17 heavy (non-hydrogen) atoms. The van der Waals surface area contributed by atoms with Crippen molar-refractivity contribution in [2.45, 2.75) is 4.90 Å². The van der Waals surface area contributed by atoms with Gasteiger partial charge >= 0.3 is 0 Å². The molecule has 1 aliphatic heterocycles. The number of rotatable bonds is 3. The van der Waals surface area contributed by atoms with Crippen molar-refractivity contribution in [1.29, 1.82) is 0 Å². The molecule has 0 aliphatic carbocycles. The van der Waals surface area contributed by atoms with Gasteiger partial charge in [0.2, 0.25) is 0 Å². The van der Waals surface area contributed by atoms with E-state index in [9.17, 15) is 13.2 Å². The quantitative estimate of drug-likeness (QED) is 0.783. The highest BCUT2D eigenvalue weighted by Gasteiger charge is 2.40. The molecule has 0 saturated heterocycles. The average molecular weight is 254 g/mol. The normalized spacial score (nSPS) is 17.6. The molecule has 5 nitrogen and oxygen atoms in total. The minimum absolute atomic E-state index is 0.115. The Morgan fingerprint density at radius 1 is 1.24 bits per heavy atom. The van der Waals surface area contributed by atoms with E-state index < -0.39 is 15.9 Å². The number of fused-ring (bicyclic) bond motifs is 1. The van der Waals surface area contributed by atoms with E-state index in [0.717, 1.165) is 4.31 Å². The third kappa shape index (κ3) is 1.94. The van der Waals surface area contributed by atoms with Crippen LogP contribution in [-0.2, 0) is 10.0 Å². The lowest BCUT2D eigenvalue weighted by Crippen LogP contribution is -2.36. The van der Waals surface area contributed by atoms with E-state index in [1.54, 1.807) is 18.2 Å². The molecule has 0 saturated carbocycles. The lowest BCUT2D eigenvalue weighted by molar-refractivity contribution is 0.0865. The molecule has 0 aromatic heterocycles. The molecule has 0 bridgehead atoms. The average Bonchev–Trinajstić information content (AvgIpc) is 2.46. The molecular formula is C11H14N2O3S. The highest BCUT2D eigenvalue weighted by atomic mass is 32.2. The minimum atomic E-state index is -3.63. The van der Waals surface area contributed by atoms with Crippen molar-refractivity contribution in [2.24, 2.45) is 0 Å². The maximum atomic E-state index is 12.1. The third-order valence-electron chi connectivity index (χ3n) is 2.66. The van der Waals surface area contributed by atoms with Gasteiger partial charge in [-0.25, -0.2) is 12.7 Å². The summed E-state index contributed by atoms with van der Waals surface area (Å²) in [5.74, 6) is -0.428. The van der Waals surface area contributed by atoms with E-state index in [-0.39, 0.29) is 17.0 Å². The summed E-state index contributed by atoms with van der Waals surface area (Å²) in [5.41, 5.74) is 0.270. The number of sulfonamides is 1. The zero-order chi connectivity index (χ0) is 12.6. The molecule has 2 rings (SSSR count). The van der Waals surface area contributed by atoms with Gasteiger partial charge in [0.25, 0.3) is 15.9 Å². The summed E-state index contributed by atoms with van der Waals surface area (Å²) in [7, 11) is 0.0332. The van der Waals surface area contributed by atoms with E-state index in [4.69, 9.17) is 0 Å². The smallest absolute Gasteiger partial charge is 0.269 e. The van der Waals surface area contributed by atoms with Crippen LogP contribution in [0.1, 0.15) is 10.4 Å². The first kappa shape index (κ1) is 12.1. The number of benzene rings is 1. The van der Waals surface area contributed by atoms with Crippen LogP contribution in [0.4, 0.5) is 0 Å². The molecule has 0 spiro atoms. The predicted octanol–water partition coefficient (Wildman–Crippen LogP) is 0.393. The summed E-state index contributed by atoms with van der Waals surface area (Å²) in [6.07, 6.45) is 0.